The molecule has 5 aliphatic heterocycles. The molecule has 30 heteroatoms. The Labute approximate surface area is 652 Å². The fraction of sp³-hybridized carbons (Fsp3) is 0.716. The number of carboxylic acids is 1. The molecule has 17 atom stereocenters. The first kappa shape index (κ1) is 93.2. The van der Waals surface area contributed by atoms with Crippen molar-refractivity contribution in [3.05, 3.63) is 76.5 Å². The van der Waals surface area contributed by atoms with Crippen molar-refractivity contribution in [3.8, 4) is 0 Å². The van der Waals surface area contributed by atoms with Crippen LogP contribution in [0.4, 0.5) is 5.69 Å². The minimum Gasteiger partial charge on any atom is -0.481 e. The zero-order valence-electron chi connectivity index (χ0n) is 67.0. The highest BCUT2D eigenvalue weighted by Gasteiger charge is 2.78. The normalized spacial score (nSPS) is 26.7. The maximum absolute atomic E-state index is 15.2. The van der Waals surface area contributed by atoms with E-state index in [2.05, 4.69) is 101 Å². The van der Waals surface area contributed by atoms with E-state index in [1.165, 1.54) is 50.5 Å². The highest BCUT2D eigenvalue weighted by atomic mass is 16.7. The molecule has 1 aliphatic carbocycles. The summed E-state index contributed by atoms with van der Waals surface area (Å²) in [5.41, 5.74) is 2.93. The van der Waals surface area contributed by atoms with Gasteiger partial charge in [-0.2, -0.15) is 9.59 Å². The number of aliphatic carboxylic acids is 1. The highest BCUT2D eigenvalue weighted by Crippen LogP contribution is 2.67. The number of anilines is 1. The number of hydrogen-bond acceptors (Lipinski definition) is 27. The Balaban J connectivity index is 0.000000484. The third-order valence-corrected chi connectivity index (χ3v) is 23.2. The van der Waals surface area contributed by atoms with Gasteiger partial charge in [-0.3, -0.25) is 33.8 Å². The van der Waals surface area contributed by atoms with Gasteiger partial charge in [0, 0.05) is 131 Å². The van der Waals surface area contributed by atoms with Gasteiger partial charge >= 0.3 is 30.0 Å². The number of likely N-dealkylation sites (N-methyl/N-ethyl adjacent to an activating group) is 1. The number of unbranched alkanes of at least 4 members (excludes halogenated alkanes) is 1. The van der Waals surface area contributed by atoms with Crippen molar-refractivity contribution < 1.29 is 122 Å². The molecule has 1 aromatic heterocycles. The Kier molecular flexibility index (Phi) is 36.7. The van der Waals surface area contributed by atoms with Crippen molar-refractivity contribution in [2.45, 2.75) is 254 Å². The number of carboxylic acid groups (broad SMARTS) is 1. The molecular weight excluding hydrogens is 1440 g/mol. The number of nitrogens with one attached hydrogen (secondary N) is 2. The summed E-state index contributed by atoms with van der Waals surface area (Å²) in [6.45, 7) is 18.9. The number of amides is 1. The molecule has 3 fully saturated rings. The summed E-state index contributed by atoms with van der Waals surface area (Å²) in [5, 5.41) is 86.5. The first-order valence-electron chi connectivity index (χ1n) is 39.2. The molecule has 111 heavy (non-hydrogen) atoms. The first-order valence-corrected chi connectivity index (χ1v) is 39.2. The second-order valence-corrected chi connectivity index (χ2v) is 30.3. The van der Waals surface area contributed by atoms with E-state index in [9.17, 15) is 44.4 Å². The number of aromatic nitrogens is 1. The molecule has 1 amide bonds. The van der Waals surface area contributed by atoms with Crippen LogP contribution in [0.1, 0.15) is 186 Å². The molecule has 9 rings (SSSR count). The van der Waals surface area contributed by atoms with E-state index in [-0.39, 0.29) is 128 Å². The smallest absolute Gasteiger partial charge is 0.373 e. The number of para-hydroxylation sites is 1. The van der Waals surface area contributed by atoms with Gasteiger partial charge < -0.3 is 98.7 Å². The number of carbonyl (C=O) groups is 6. The molecule has 624 valence electrons. The molecule has 10 N–H and O–H groups in total. The molecule has 6 aliphatic rings. The number of esters is 3. The van der Waals surface area contributed by atoms with E-state index in [1.54, 1.807) is 0 Å². The summed E-state index contributed by atoms with van der Waals surface area (Å²) in [4.78, 5) is 102. The minimum atomic E-state index is -2.17. The zero-order chi connectivity index (χ0) is 82.0. The Morgan fingerprint density at radius 2 is 1.30 bits per heavy atom. The second kappa shape index (κ2) is 43.7. The van der Waals surface area contributed by atoms with Gasteiger partial charge in [0.05, 0.1) is 63.0 Å². The molecule has 2 bridgehead atoms. The topological polar surface area (TPSA) is 419 Å². The lowest BCUT2D eigenvalue weighted by Crippen LogP contribution is -2.80. The van der Waals surface area contributed by atoms with Gasteiger partial charge in [-0.15, -0.1) is 0 Å². The lowest BCUT2D eigenvalue weighted by molar-refractivity contribution is -0.202. The first-order chi connectivity index (χ1) is 53.0. The van der Waals surface area contributed by atoms with E-state index >= 15 is 4.79 Å². The number of hydrogen-bond donors (Lipinski definition) is 10. The maximum Gasteiger partial charge on any atom is 0.373 e. The number of benzene rings is 2. The van der Waals surface area contributed by atoms with Gasteiger partial charge in [-0.1, -0.05) is 71.0 Å². The third kappa shape index (κ3) is 22.5. The van der Waals surface area contributed by atoms with Crippen LogP contribution in [0.15, 0.2) is 48.6 Å². The molecule has 3 aromatic rings. The predicted molar refractivity (Wildman–Crippen MR) is 407 cm³/mol. The van der Waals surface area contributed by atoms with E-state index in [0.717, 1.165) is 61.2 Å². The number of ether oxygens (including phenoxy) is 9. The van der Waals surface area contributed by atoms with Crippen molar-refractivity contribution in [2.24, 2.45) is 11.3 Å². The Morgan fingerprint density at radius 3 is 1.85 bits per heavy atom. The van der Waals surface area contributed by atoms with Crippen LogP contribution in [0.25, 0.3) is 10.9 Å². The summed E-state index contributed by atoms with van der Waals surface area (Å²) in [6, 6.07) is 11.4. The van der Waals surface area contributed by atoms with Crippen LogP contribution in [-0.4, -0.2) is 277 Å². The summed E-state index contributed by atoms with van der Waals surface area (Å²) in [5.74, 6) is -3.28. The predicted octanol–water partition coefficient (Wildman–Crippen LogP) is 5.35. The SMILES string of the molecule is CCC(CO)OC(CO)OC.CCC(CO)OC(COC(=O)CCCC(=O)NC(C)C(=O)OCCCCC(=O)[C@]1(O)C2N(C)c3cc(C)c([C@@]4(C)C[C@@H]5CN(CCc6c4[nH]c4ccccc64)CC(O)(CC)C5)cc3[C@@]23CCN2CC=C[C@](CC)(C23)[C@H]1O)OC.CCC(CO)OC(COC(=O)CCCC(=O)O)OC.O=C=O. The molecule has 1 saturated carbocycles. The summed E-state index contributed by atoms with van der Waals surface area (Å²) in [6.07, 6.45) is 6.84. The Morgan fingerprint density at radius 1 is 0.712 bits per heavy atom. The number of nitrogens with zero attached hydrogens (tertiary/aromatic N) is 3. The summed E-state index contributed by atoms with van der Waals surface area (Å²) in [7, 11) is 6.25. The van der Waals surface area contributed by atoms with Crippen molar-refractivity contribution >= 4 is 58.3 Å². The molecule has 30 nitrogen and oxygen atoms in total. The van der Waals surface area contributed by atoms with Crippen LogP contribution < -0.4 is 10.2 Å². The number of piperidine rings is 1. The summed E-state index contributed by atoms with van der Waals surface area (Å²) >= 11 is 0. The lowest BCUT2D eigenvalue weighted by atomic mass is 9.47. The number of rotatable bonds is 39. The number of carbonyl (C=O) groups excluding carboxylic acids is 7. The van der Waals surface area contributed by atoms with Gasteiger partial charge in [-0.05, 0) is 151 Å². The largest absolute Gasteiger partial charge is 0.481 e. The molecule has 2 saturated heterocycles. The lowest BCUT2D eigenvalue weighted by Gasteiger charge is -2.63. The average Bonchev–Trinajstić information content (AvgIpc) is 1.49. The zero-order valence-corrected chi connectivity index (χ0v) is 67.0. The van der Waals surface area contributed by atoms with Gasteiger partial charge in [0.25, 0.3) is 0 Å². The molecular formula is C81H125N5O25. The molecule has 6 heterocycles. The minimum absolute atomic E-state index is 0.0183. The number of Topliss-reactive ketones (excluding diaryl/α,β-unsaturated/α-hetero) is 1. The van der Waals surface area contributed by atoms with Crippen molar-refractivity contribution in [1.29, 1.82) is 0 Å². The van der Waals surface area contributed by atoms with Gasteiger partial charge in [0.1, 0.15) is 25.4 Å². The van der Waals surface area contributed by atoms with Crippen molar-refractivity contribution in [1.82, 2.24) is 20.1 Å². The molecule has 11 unspecified atom stereocenters. The Bertz CT molecular complexity index is 3530. The number of aliphatic hydroxyl groups excluding tert-OH is 5. The number of aryl methyl sites for hydroxylation is 1. The summed E-state index contributed by atoms with van der Waals surface area (Å²) < 4.78 is 46.6. The quantitative estimate of drug-likeness (QED) is 0.0113. The number of H-pyrrole nitrogens is 1. The van der Waals surface area contributed by atoms with Crippen LogP contribution in [0.3, 0.4) is 0 Å². The van der Waals surface area contributed by atoms with E-state index < -0.39 is 106 Å². The third-order valence-electron chi connectivity index (χ3n) is 23.2. The van der Waals surface area contributed by atoms with Crippen LogP contribution in [0, 0.1) is 18.3 Å². The van der Waals surface area contributed by atoms with Crippen LogP contribution in [0.2, 0.25) is 0 Å². The van der Waals surface area contributed by atoms with Gasteiger partial charge in [0.15, 0.2) is 30.3 Å². The number of ketones is 1. The number of aliphatic hydroxyl groups is 7. The van der Waals surface area contributed by atoms with Gasteiger partial charge in [-0.25, -0.2) is 4.79 Å². The van der Waals surface area contributed by atoms with Crippen LogP contribution >= 0.6 is 0 Å². The number of fused-ring (bicyclic) bond motifs is 6. The Hall–Kier alpha value is -6.68. The van der Waals surface area contributed by atoms with Crippen LogP contribution in [0.5, 0.6) is 0 Å². The fourth-order valence-electron chi connectivity index (χ4n) is 17.5. The number of methoxy groups -OCH3 is 3. The monoisotopic (exact) mass is 1570 g/mol. The highest BCUT2D eigenvalue weighted by molar-refractivity contribution is 5.92. The van der Waals surface area contributed by atoms with E-state index in [1.807, 2.05) is 27.8 Å². The second-order valence-electron chi connectivity index (χ2n) is 30.3. The standard InChI is InChI=1S/C61H87N5O12.C12H22O7.C7H16O4.CO2/c1-9-41(35-67)78-51(75-8)36-77-50(70)22-16-21-49(69)62-39(5)53(71)76-29-15-14-20-48(68)61(74)55-60(25-28-66-26-17-24-59(11-3,54(60)66)56(61)72)45-31-44(38(4)30-47(45)64(55)7)57(6)32-40-33-58(73,10-2)37-65(34-40)27-23-43-42-18-12-13-19-46(42)63-52(43)57;1-3-9(7-13)19-12(17-2)8-18-11(16)6-4-5-10(14)15;1-3-6(4-8)11-7(5-9)10-2;2-1-3/h12-13,17-19,24,30-31,39-41,51,54-56,63,67,72-74H,9-11,14-16,20-23,25-29,32-37H2,1-8H3,(H,62,69);9,12-13H,3-8H2,1-2H3,(H,14,15);6-9H,3-5H2,1-2H3;/t39?,40-,41?,51?,54?,55?,56+,57+,58?,59+,60+,61-;;;/m0.../s1. The van der Waals surface area contributed by atoms with E-state index in [0.29, 0.717) is 58.0 Å². The molecule has 1 spiro atoms. The van der Waals surface area contributed by atoms with Crippen molar-refractivity contribution in [2.75, 3.05) is 112 Å². The fourth-order valence-corrected chi connectivity index (χ4v) is 17.5. The number of aromatic amines is 1. The van der Waals surface area contributed by atoms with Crippen LogP contribution in [-0.2, 0) is 98.2 Å². The van der Waals surface area contributed by atoms with E-state index in [4.69, 9.17) is 72.6 Å². The maximum atomic E-state index is 15.2. The molecule has 0 radical (unpaired) electrons. The van der Waals surface area contributed by atoms with Gasteiger partial charge in [0.2, 0.25) is 5.91 Å². The average molecular weight is 1570 g/mol. The molecule has 2 aromatic carbocycles. The van der Waals surface area contributed by atoms with Crippen molar-refractivity contribution in [3.63, 3.8) is 0 Å².